The highest BCUT2D eigenvalue weighted by Gasteiger charge is 2.24. The Kier molecular flexibility index (Phi) is 52.6. The first kappa shape index (κ1) is 50.9. The molecule has 0 saturated heterocycles. The van der Waals surface area contributed by atoms with E-state index in [4.69, 9.17) is 46.0 Å². The summed E-state index contributed by atoms with van der Waals surface area (Å²) in [5.41, 5.74) is -0.667. The highest BCUT2D eigenvalue weighted by Crippen LogP contribution is 2.18. The second-order valence-electron chi connectivity index (χ2n) is 5.58. The van der Waals surface area contributed by atoms with Crippen molar-refractivity contribution in [2.45, 2.75) is 13.3 Å². The maximum absolute atomic E-state index is 9.25. The molecular formula is C24H38O15. The van der Waals surface area contributed by atoms with Crippen LogP contribution in [0.25, 0.3) is 0 Å². The number of hydrogen-bond donors (Lipinski definition) is 9. The fourth-order valence-corrected chi connectivity index (χ4v) is 0.485. The van der Waals surface area contributed by atoms with Gasteiger partial charge < -0.3 is 46.0 Å². The van der Waals surface area contributed by atoms with E-state index in [1.807, 2.05) is 6.92 Å². The molecule has 0 aliphatic heterocycles. The molecule has 224 valence electrons. The molecule has 0 fully saturated rings. The van der Waals surface area contributed by atoms with Gasteiger partial charge in [0.05, 0.1) is 19.8 Å². The molecule has 15 nitrogen and oxygen atoms in total. The summed E-state index contributed by atoms with van der Waals surface area (Å²) in [5, 5.41) is 71.6. The van der Waals surface area contributed by atoms with Gasteiger partial charge in [-0.05, 0) is 6.42 Å². The van der Waals surface area contributed by atoms with Gasteiger partial charge in [-0.15, -0.1) is 0 Å². The number of aliphatic carboxylic acids is 6. The third kappa shape index (κ3) is 87.7. The summed E-state index contributed by atoms with van der Waals surface area (Å²) in [6.45, 7) is 19.1. The van der Waals surface area contributed by atoms with Crippen LogP contribution in [0.15, 0.2) is 75.9 Å². The lowest BCUT2D eigenvalue weighted by Gasteiger charge is -2.24. The standard InChI is InChI=1S/C6H14O3.6C3H4O2/c1-2-6(3-7,4-8)5-9;6*1-2-3(4)5/h7-9H,2-5H2,1H3;6*2H,1H2,(H,4,5). The summed E-state index contributed by atoms with van der Waals surface area (Å²) < 4.78 is 0. The Morgan fingerprint density at radius 1 is 0.462 bits per heavy atom. The lowest BCUT2D eigenvalue weighted by Crippen LogP contribution is -2.32. The predicted molar refractivity (Wildman–Crippen MR) is 141 cm³/mol. The lowest BCUT2D eigenvalue weighted by molar-refractivity contribution is -0.132. The molecule has 0 radical (unpaired) electrons. The fraction of sp³-hybridized carbons (Fsp3) is 0.250. The number of aliphatic hydroxyl groups excluding tert-OH is 3. The number of aliphatic hydroxyl groups is 3. The first-order valence-electron chi connectivity index (χ1n) is 9.82. The molecule has 0 saturated carbocycles. The van der Waals surface area contributed by atoms with Crippen molar-refractivity contribution in [2.75, 3.05) is 19.8 Å². The molecule has 0 unspecified atom stereocenters. The van der Waals surface area contributed by atoms with Gasteiger partial charge in [0.15, 0.2) is 0 Å². The smallest absolute Gasteiger partial charge is 0.327 e. The summed E-state index contributed by atoms with van der Waals surface area (Å²) >= 11 is 0. The quantitative estimate of drug-likeness (QED) is 0.166. The Morgan fingerprint density at radius 3 is 0.564 bits per heavy atom. The average Bonchev–Trinajstić information content (AvgIpc) is 2.92. The summed E-state index contributed by atoms with van der Waals surface area (Å²) in [4.78, 5) is 55.5. The van der Waals surface area contributed by atoms with E-state index >= 15 is 0 Å². The van der Waals surface area contributed by atoms with Crippen LogP contribution in [0.1, 0.15) is 13.3 Å². The van der Waals surface area contributed by atoms with Gasteiger partial charge in [0.25, 0.3) is 0 Å². The largest absolute Gasteiger partial charge is 0.478 e. The van der Waals surface area contributed by atoms with Gasteiger partial charge in [0, 0.05) is 41.9 Å². The van der Waals surface area contributed by atoms with Gasteiger partial charge in [0.1, 0.15) is 0 Å². The van der Waals surface area contributed by atoms with E-state index in [1.54, 1.807) is 0 Å². The van der Waals surface area contributed by atoms with Crippen LogP contribution in [0.4, 0.5) is 0 Å². The SMILES string of the molecule is C=CC(=O)O.C=CC(=O)O.C=CC(=O)O.C=CC(=O)O.C=CC(=O)O.C=CC(=O)O.CCC(CO)(CO)CO. The molecular weight excluding hydrogens is 528 g/mol. The second kappa shape index (κ2) is 40.3. The van der Waals surface area contributed by atoms with Crippen molar-refractivity contribution in [3.63, 3.8) is 0 Å². The number of carbonyl (C=O) groups is 6. The number of rotatable bonds is 10. The lowest BCUT2D eigenvalue weighted by atomic mass is 9.88. The van der Waals surface area contributed by atoms with Crippen LogP contribution in [0, 0.1) is 5.41 Å². The number of carboxylic acids is 6. The van der Waals surface area contributed by atoms with E-state index < -0.39 is 41.2 Å². The first-order chi connectivity index (χ1) is 17.9. The normalized spacial score (nSPS) is 7.69. The Morgan fingerprint density at radius 2 is 0.564 bits per heavy atom. The molecule has 0 aliphatic rings. The fourth-order valence-electron chi connectivity index (χ4n) is 0.485. The molecule has 0 aromatic heterocycles. The molecule has 0 spiro atoms. The Labute approximate surface area is 225 Å². The molecule has 39 heavy (non-hydrogen) atoms. The van der Waals surface area contributed by atoms with E-state index in [0.29, 0.717) is 6.42 Å². The van der Waals surface area contributed by atoms with Crippen molar-refractivity contribution >= 4 is 35.8 Å². The molecule has 0 aliphatic carbocycles. The molecule has 0 amide bonds. The monoisotopic (exact) mass is 566 g/mol. The molecule has 0 bridgehead atoms. The molecule has 0 heterocycles. The summed E-state index contributed by atoms with van der Waals surface area (Å²) in [6, 6.07) is 0. The minimum absolute atomic E-state index is 0.156. The second-order valence-corrected chi connectivity index (χ2v) is 5.58. The van der Waals surface area contributed by atoms with Crippen LogP contribution in [0.3, 0.4) is 0 Å². The van der Waals surface area contributed by atoms with Crippen LogP contribution >= 0.6 is 0 Å². The van der Waals surface area contributed by atoms with Crippen LogP contribution in [0.5, 0.6) is 0 Å². The molecule has 9 N–H and O–H groups in total. The zero-order chi connectivity index (χ0) is 33.0. The first-order valence-corrected chi connectivity index (χ1v) is 9.82. The van der Waals surface area contributed by atoms with Crippen molar-refractivity contribution in [1.29, 1.82) is 0 Å². The molecule has 0 aromatic rings. The zero-order valence-electron chi connectivity index (χ0n) is 21.5. The van der Waals surface area contributed by atoms with Gasteiger partial charge in [0.2, 0.25) is 0 Å². The van der Waals surface area contributed by atoms with Gasteiger partial charge in [-0.25, -0.2) is 28.8 Å². The minimum Gasteiger partial charge on any atom is -0.478 e. The molecule has 0 rings (SSSR count). The Hall–Kier alpha value is -4.86. The van der Waals surface area contributed by atoms with Crippen molar-refractivity contribution in [1.82, 2.24) is 0 Å². The summed E-state index contributed by atoms with van der Waals surface area (Å²) in [5.74, 6) is -5.89. The number of hydrogen-bond acceptors (Lipinski definition) is 9. The van der Waals surface area contributed by atoms with E-state index in [1.165, 1.54) is 0 Å². The molecule has 15 heteroatoms. The average molecular weight is 567 g/mol. The van der Waals surface area contributed by atoms with Crippen molar-refractivity contribution in [3.05, 3.63) is 75.9 Å². The third-order valence-electron chi connectivity index (χ3n) is 2.80. The maximum atomic E-state index is 9.25. The minimum atomic E-state index is -0.981. The van der Waals surface area contributed by atoms with Crippen LogP contribution in [0.2, 0.25) is 0 Å². The predicted octanol–water partition coefficient (Wildman–Crippen LogP) is 0.902. The van der Waals surface area contributed by atoms with E-state index in [9.17, 15) is 28.8 Å². The third-order valence-corrected chi connectivity index (χ3v) is 2.80. The van der Waals surface area contributed by atoms with Crippen LogP contribution in [-0.2, 0) is 28.8 Å². The van der Waals surface area contributed by atoms with Gasteiger partial charge in [-0.2, -0.15) is 0 Å². The van der Waals surface area contributed by atoms with E-state index in [-0.39, 0.29) is 19.8 Å². The maximum Gasteiger partial charge on any atom is 0.327 e. The Bertz CT molecular complexity index is 606. The van der Waals surface area contributed by atoms with E-state index in [0.717, 1.165) is 36.5 Å². The number of carboxylic acid groups (broad SMARTS) is 6. The zero-order valence-corrected chi connectivity index (χ0v) is 21.5. The van der Waals surface area contributed by atoms with E-state index in [2.05, 4.69) is 39.5 Å². The van der Waals surface area contributed by atoms with Gasteiger partial charge >= 0.3 is 35.8 Å². The van der Waals surface area contributed by atoms with Crippen LogP contribution in [-0.4, -0.2) is 102 Å². The van der Waals surface area contributed by atoms with Crippen molar-refractivity contribution in [2.24, 2.45) is 5.41 Å². The van der Waals surface area contributed by atoms with Crippen molar-refractivity contribution in [3.8, 4) is 0 Å². The van der Waals surface area contributed by atoms with Gasteiger partial charge in [-0.3, -0.25) is 0 Å². The summed E-state index contributed by atoms with van der Waals surface area (Å²) in [7, 11) is 0. The Balaban J connectivity index is -0.0000000622. The van der Waals surface area contributed by atoms with Gasteiger partial charge in [-0.1, -0.05) is 46.4 Å². The molecule has 0 atom stereocenters. The highest BCUT2D eigenvalue weighted by molar-refractivity contribution is 5.80. The molecule has 0 aromatic carbocycles. The summed E-state index contributed by atoms with van der Waals surface area (Å²) in [6.07, 6.45) is 5.59. The highest BCUT2D eigenvalue weighted by atomic mass is 16.4. The van der Waals surface area contributed by atoms with Crippen molar-refractivity contribution < 1.29 is 74.7 Å². The van der Waals surface area contributed by atoms with Crippen LogP contribution < -0.4 is 0 Å². The topological polar surface area (TPSA) is 284 Å².